The zero-order valence-electron chi connectivity index (χ0n) is 11.2. The van der Waals surface area contributed by atoms with E-state index in [1.807, 2.05) is 31.2 Å². The van der Waals surface area contributed by atoms with Crippen molar-refractivity contribution in [3.8, 4) is 0 Å². The van der Waals surface area contributed by atoms with Gasteiger partial charge in [-0.25, -0.2) is 0 Å². The number of nitrogens with one attached hydrogen (secondary N) is 1. The lowest BCUT2D eigenvalue weighted by molar-refractivity contribution is 0.0981. The maximum Gasteiger partial charge on any atom is 0.164 e. The molecule has 1 aromatic rings. The Labute approximate surface area is 110 Å². The molecule has 1 aliphatic carbocycles. The Hall–Kier alpha value is -1.15. The van der Waals surface area contributed by atoms with Crippen molar-refractivity contribution in [3.63, 3.8) is 0 Å². The summed E-state index contributed by atoms with van der Waals surface area (Å²) in [6.07, 6.45) is 7.21. The fourth-order valence-corrected chi connectivity index (χ4v) is 2.58. The summed E-state index contributed by atoms with van der Waals surface area (Å²) in [4.78, 5) is 12.0. The molecule has 1 aromatic carbocycles. The third-order valence-corrected chi connectivity index (χ3v) is 3.76. The van der Waals surface area contributed by atoms with Crippen LogP contribution in [0.15, 0.2) is 24.3 Å². The first-order chi connectivity index (χ1) is 8.75. The molecule has 0 spiro atoms. The maximum absolute atomic E-state index is 12.0. The van der Waals surface area contributed by atoms with Crippen molar-refractivity contribution in [2.75, 3.05) is 6.54 Å². The van der Waals surface area contributed by atoms with Gasteiger partial charge in [-0.3, -0.25) is 4.79 Å². The zero-order valence-corrected chi connectivity index (χ0v) is 11.2. The van der Waals surface area contributed by atoms with E-state index in [2.05, 4.69) is 5.32 Å². The molecular formula is C16H23NO. The molecule has 0 aliphatic heterocycles. The van der Waals surface area contributed by atoms with E-state index in [-0.39, 0.29) is 5.78 Å². The zero-order chi connectivity index (χ0) is 12.8. The van der Waals surface area contributed by atoms with Crippen LogP contribution in [-0.2, 0) is 0 Å². The highest BCUT2D eigenvalue weighted by molar-refractivity contribution is 5.96. The number of Topliss-reactive ketones (excluding diaryl/α,β-unsaturated/α-hetero) is 1. The Morgan fingerprint density at radius 3 is 2.50 bits per heavy atom. The number of hydrogen-bond donors (Lipinski definition) is 1. The minimum atomic E-state index is 0.248. The maximum atomic E-state index is 12.0. The number of hydrogen-bond acceptors (Lipinski definition) is 2. The minimum Gasteiger partial charge on any atom is -0.314 e. The third-order valence-electron chi connectivity index (χ3n) is 3.76. The van der Waals surface area contributed by atoms with E-state index < -0.39 is 0 Å². The first-order valence-electron chi connectivity index (χ1n) is 7.09. The topological polar surface area (TPSA) is 29.1 Å². The van der Waals surface area contributed by atoms with Gasteiger partial charge < -0.3 is 5.32 Å². The van der Waals surface area contributed by atoms with Crippen molar-refractivity contribution in [1.29, 1.82) is 0 Å². The first-order valence-corrected chi connectivity index (χ1v) is 7.09. The van der Waals surface area contributed by atoms with Gasteiger partial charge in [0.2, 0.25) is 0 Å². The molecule has 1 saturated carbocycles. The smallest absolute Gasteiger partial charge is 0.164 e. The van der Waals surface area contributed by atoms with Crippen molar-refractivity contribution in [1.82, 2.24) is 5.32 Å². The second-order valence-electron chi connectivity index (χ2n) is 5.33. The molecule has 2 rings (SSSR count). The largest absolute Gasteiger partial charge is 0.314 e. The van der Waals surface area contributed by atoms with Gasteiger partial charge in [0.15, 0.2) is 5.78 Å². The Bertz CT molecular complexity index is 377. The summed E-state index contributed by atoms with van der Waals surface area (Å²) < 4.78 is 0. The number of carbonyl (C=O) groups excluding carboxylic acids is 1. The first kappa shape index (κ1) is 13.3. The van der Waals surface area contributed by atoms with Crippen LogP contribution in [0, 0.1) is 6.92 Å². The van der Waals surface area contributed by atoms with Gasteiger partial charge in [-0.1, -0.05) is 49.1 Å². The highest BCUT2D eigenvalue weighted by Crippen LogP contribution is 2.17. The molecule has 0 saturated heterocycles. The lowest BCUT2D eigenvalue weighted by Gasteiger charge is -2.22. The molecule has 1 aliphatic rings. The van der Waals surface area contributed by atoms with Crippen LogP contribution >= 0.6 is 0 Å². The summed E-state index contributed by atoms with van der Waals surface area (Å²) in [7, 11) is 0. The summed E-state index contributed by atoms with van der Waals surface area (Å²) in [6.45, 7) is 2.86. The average Bonchev–Trinajstić information content (AvgIpc) is 2.40. The van der Waals surface area contributed by atoms with Crippen LogP contribution in [-0.4, -0.2) is 18.4 Å². The van der Waals surface area contributed by atoms with Gasteiger partial charge in [0.05, 0.1) is 0 Å². The summed E-state index contributed by atoms with van der Waals surface area (Å²) in [5.41, 5.74) is 2.04. The van der Waals surface area contributed by atoms with Gasteiger partial charge in [-0.2, -0.15) is 0 Å². The molecule has 0 atom stereocenters. The number of aryl methyl sites for hydroxylation is 1. The van der Waals surface area contributed by atoms with E-state index in [0.29, 0.717) is 12.5 Å². The fourth-order valence-electron chi connectivity index (χ4n) is 2.58. The molecular weight excluding hydrogens is 222 g/mol. The van der Waals surface area contributed by atoms with Gasteiger partial charge in [0.1, 0.15) is 0 Å². The lowest BCUT2D eigenvalue weighted by atomic mass is 9.95. The SMILES string of the molecule is Cc1ccc(C(=O)CCNC2CCCCC2)cc1. The molecule has 1 fully saturated rings. The monoisotopic (exact) mass is 245 g/mol. The summed E-state index contributed by atoms with van der Waals surface area (Å²) in [5.74, 6) is 0.248. The molecule has 0 aromatic heterocycles. The van der Waals surface area contributed by atoms with Gasteiger partial charge >= 0.3 is 0 Å². The Balaban J connectivity index is 1.72. The van der Waals surface area contributed by atoms with E-state index in [1.54, 1.807) is 0 Å². The summed E-state index contributed by atoms with van der Waals surface area (Å²) in [5, 5.41) is 3.51. The van der Waals surface area contributed by atoms with Crippen LogP contribution in [0.3, 0.4) is 0 Å². The van der Waals surface area contributed by atoms with E-state index in [0.717, 1.165) is 12.1 Å². The predicted molar refractivity (Wildman–Crippen MR) is 75.0 cm³/mol. The van der Waals surface area contributed by atoms with Crippen molar-refractivity contribution < 1.29 is 4.79 Å². The summed E-state index contributed by atoms with van der Waals surface area (Å²) in [6, 6.07) is 8.50. The van der Waals surface area contributed by atoms with Crippen LogP contribution in [0.4, 0.5) is 0 Å². The lowest BCUT2D eigenvalue weighted by Crippen LogP contribution is -2.32. The van der Waals surface area contributed by atoms with Crippen molar-refractivity contribution in [3.05, 3.63) is 35.4 Å². The van der Waals surface area contributed by atoms with Crippen LogP contribution < -0.4 is 5.32 Å². The van der Waals surface area contributed by atoms with E-state index in [1.165, 1.54) is 37.7 Å². The number of benzene rings is 1. The molecule has 0 bridgehead atoms. The molecule has 0 amide bonds. The van der Waals surface area contributed by atoms with E-state index in [9.17, 15) is 4.79 Å². The van der Waals surface area contributed by atoms with Crippen LogP contribution in [0.25, 0.3) is 0 Å². The standard InChI is InChI=1S/C16H23NO/c1-13-7-9-14(10-8-13)16(18)11-12-17-15-5-3-2-4-6-15/h7-10,15,17H,2-6,11-12H2,1H3. The van der Waals surface area contributed by atoms with E-state index in [4.69, 9.17) is 0 Å². The molecule has 98 valence electrons. The molecule has 2 heteroatoms. The Morgan fingerprint density at radius 1 is 1.17 bits per heavy atom. The highest BCUT2D eigenvalue weighted by Gasteiger charge is 2.13. The molecule has 1 N–H and O–H groups in total. The molecule has 18 heavy (non-hydrogen) atoms. The molecule has 0 radical (unpaired) electrons. The van der Waals surface area contributed by atoms with Gasteiger partial charge in [0, 0.05) is 24.6 Å². The highest BCUT2D eigenvalue weighted by atomic mass is 16.1. The second kappa shape index (κ2) is 6.69. The van der Waals surface area contributed by atoms with E-state index >= 15 is 0 Å². The average molecular weight is 245 g/mol. The van der Waals surface area contributed by atoms with Gasteiger partial charge in [-0.05, 0) is 19.8 Å². The van der Waals surface area contributed by atoms with Crippen LogP contribution in [0.1, 0.15) is 54.4 Å². The third kappa shape index (κ3) is 3.95. The molecule has 2 nitrogen and oxygen atoms in total. The Kier molecular flexibility index (Phi) is 4.94. The number of carbonyl (C=O) groups is 1. The fraction of sp³-hybridized carbons (Fsp3) is 0.562. The Morgan fingerprint density at radius 2 is 1.83 bits per heavy atom. The van der Waals surface area contributed by atoms with Crippen LogP contribution in [0.5, 0.6) is 0 Å². The normalized spacial score (nSPS) is 16.7. The minimum absolute atomic E-state index is 0.248. The van der Waals surface area contributed by atoms with Crippen molar-refractivity contribution in [2.24, 2.45) is 0 Å². The molecule has 0 heterocycles. The van der Waals surface area contributed by atoms with Crippen molar-refractivity contribution >= 4 is 5.78 Å². The van der Waals surface area contributed by atoms with Gasteiger partial charge in [0.25, 0.3) is 0 Å². The predicted octanol–water partition coefficient (Wildman–Crippen LogP) is 3.49. The number of ketones is 1. The summed E-state index contributed by atoms with van der Waals surface area (Å²) >= 11 is 0. The number of rotatable bonds is 5. The quantitative estimate of drug-likeness (QED) is 0.805. The molecule has 0 unspecified atom stereocenters. The van der Waals surface area contributed by atoms with Crippen molar-refractivity contribution in [2.45, 2.75) is 51.5 Å². The van der Waals surface area contributed by atoms with Gasteiger partial charge in [-0.15, -0.1) is 0 Å². The van der Waals surface area contributed by atoms with Crippen LogP contribution in [0.2, 0.25) is 0 Å². The second-order valence-corrected chi connectivity index (χ2v) is 5.33.